The summed E-state index contributed by atoms with van der Waals surface area (Å²) >= 11 is 0. The molecular formula is C22H17F3N2O2. The Labute approximate surface area is 165 Å². The number of alkyl halides is 3. The van der Waals surface area contributed by atoms with Crippen LogP contribution in [-0.2, 0) is 11.3 Å². The van der Waals surface area contributed by atoms with Gasteiger partial charge in [-0.2, -0.15) is 0 Å². The first-order valence-corrected chi connectivity index (χ1v) is 8.98. The van der Waals surface area contributed by atoms with Gasteiger partial charge in [0.15, 0.2) is 6.23 Å². The molecule has 0 spiro atoms. The van der Waals surface area contributed by atoms with E-state index in [9.17, 15) is 18.0 Å². The quantitative estimate of drug-likeness (QED) is 0.603. The van der Waals surface area contributed by atoms with Gasteiger partial charge in [-0.1, -0.05) is 42.5 Å². The number of rotatable bonds is 4. The first-order chi connectivity index (χ1) is 13.8. The number of ether oxygens (including phenoxy) is 1. The van der Waals surface area contributed by atoms with Crippen LogP contribution in [0.1, 0.15) is 33.3 Å². The van der Waals surface area contributed by atoms with Crippen molar-refractivity contribution in [2.75, 3.05) is 0 Å². The maximum atomic E-state index is 13.1. The summed E-state index contributed by atoms with van der Waals surface area (Å²) in [7, 11) is 0. The second-order valence-corrected chi connectivity index (χ2v) is 6.83. The molecule has 0 saturated carbocycles. The second-order valence-electron chi connectivity index (χ2n) is 6.83. The SMILES string of the molecule is Cc1cc(-c2cccnc2)cc2c1C(=O)N(C(OC(F)(F)F)c1ccccc1)C2. The fourth-order valence-electron chi connectivity index (χ4n) is 3.64. The van der Waals surface area contributed by atoms with Gasteiger partial charge in [0.05, 0.1) is 0 Å². The first kappa shape index (κ1) is 19.1. The molecule has 2 aromatic carbocycles. The average Bonchev–Trinajstić information content (AvgIpc) is 3.03. The zero-order valence-corrected chi connectivity index (χ0v) is 15.5. The number of pyridine rings is 1. The van der Waals surface area contributed by atoms with Gasteiger partial charge in [-0.3, -0.25) is 14.5 Å². The summed E-state index contributed by atoms with van der Waals surface area (Å²) < 4.78 is 43.7. The molecule has 148 valence electrons. The van der Waals surface area contributed by atoms with Gasteiger partial charge in [0.1, 0.15) is 0 Å². The molecular weight excluding hydrogens is 381 g/mol. The molecule has 0 radical (unpaired) electrons. The average molecular weight is 398 g/mol. The second kappa shape index (κ2) is 7.33. The number of nitrogens with zero attached hydrogens (tertiary/aromatic N) is 2. The van der Waals surface area contributed by atoms with Gasteiger partial charge < -0.3 is 4.90 Å². The molecule has 4 nitrogen and oxygen atoms in total. The number of hydrogen-bond acceptors (Lipinski definition) is 3. The zero-order valence-electron chi connectivity index (χ0n) is 15.5. The summed E-state index contributed by atoms with van der Waals surface area (Å²) in [6.07, 6.45) is -3.08. The maximum Gasteiger partial charge on any atom is 0.524 e. The highest BCUT2D eigenvalue weighted by molar-refractivity contribution is 6.00. The van der Waals surface area contributed by atoms with E-state index in [0.717, 1.165) is 16.0 Å². The van der Waals surface area contributed by atoms with Crippen LogP contribution in [0.15, 0.2) is 67.0 Å². The number of aromatic nitrogens is 1. The number of amides is 1. The normalized spacial score (nSPS) is 14.8. The summed E-state index contributed by atoms with van der Waals surface area (Å²) in [5, 5.41) is 0. The minimum atomic E-state index is -4.88. The highest BCUT2D eigenvalue weighted by Crippen LogP contribution is 2.38. The van der Waals surface area contributed by atoms with Gasteiger partial charge in [0, 0.05) is 35.6 Å². The summed E-state index contributed by atoms with van der Waals surface area (Å²) in [5.41, 5.74) is 3.78. The third-order valence-electron chi connectivity index (χ3n) is 4.84. The number of carbonyl (C=O) groups excluding carboxylic acids is 1. The predicted molar refractivity (Wildman–Crippen MR) is 101 cm³/mol. The Bertz CT molecular complexity index is 1040. The lowest BCUT2D eigenvalue weighted by Gasteiger charge is -2.28. The van der Waals surface area contributed by atoms with Crippen LogP contribution in [0.5, 0.6) is 0 Å². The minimum Gasteiger partial charge on any atom is -0.304 e. The molecule has 0 saturated heterocycles. The van der Waals surface area contributed by atoms with E-state index in [4.69, 9.17) is 0 Å². The third-order valence-corrected chi connectivity index (χ3v) is 4.84. The molecule has 1 aliphatic rings. The van der Waals surface area contributed by atoms with Gasteiger partial charge in [-0.25, -0.2) is 0 Å². The van der Waals surface area contributed by atoms with Gasteiger partial charge in [-0.15, -0.1) is 13.2 Å². The highest BCUT2D eigenvalue weighted by Gasteiger charge is 2.42. The molecule has 4 rings (SSSR count). The third kappa shape index (κ3) is 3.86. The molecule has 0 fully saturated rings. The predicted octanol–water partition coefficient (Wildman–Crippen LogP) is 5.25. The Morgan fingerprint density at radius 3 is 2.48 bits per heavy atom. The number of halogens is 3. The molecule has 0 bridgehead atoms. The van der Waals surface area contributed by atoms with Crippen molar-refractivity contribution in [3.05, 3.63) is 89.2 Å². The van der Waals surface area contributed by atoms with Crippen LogP contribution in [0.2, 0.25) is 0 Å². The molecule has 0 N–H and O–H groups in total. The van der Waals surface area contributed by atoms with Crippen molar-refractivity contribution in [3.8, 4) is 11.1 Å². The molecule has 3 aromatic rings. The van der Waals surface area contributed by atoms with Crippen molar-refractivity contribution >= 4 is 5.91 Å². The summed E-state index contributed by atoms with van der Waals surface area (Å²) in [6.45, 7) is 1.81. The van der Waals surface area contributed by atoms with Gasteiger partial charge in [-0.05, 0) is 35.7 Å². The van der Waals surface area contributed by atoms with Crippen molar-refractivity contribution in [3.63, 3.8) is 0 Å². The van der Waals surface area contributed by atoms with Gasteiger partial charge in [0.2, 0.25) is 0 Å². The molecule has 29 heavy (non-hydrogen) atoms. The molecule has 1 aromatic heterocycles. The molecule has 1 atom stereocenters. The molecule has 1 amide bonds. The van der Waals surface area contributed by atoms with Crippen molar-refractivity contribution < 1.29 is 22.7 Å². The first-order valence-electron chi connectivity index (χ1n) is 8.98. The van der Waals surface area contributed by atoms with E-state index in [-0.39, 0.29) is 12.1 Å². The fraction of sp³-hybridized carbons (Fsp3) is 0.182. The lowest BCUT2D eigenvalue weighted by molar-refractivity contribution is -0.359. The molecule has 1 aliphatic heterocycles. The molecule has 0 aliphatic carbocycles. The van der Waals surface area contributed by atoms with Crippen molar-refractivity contribution in [1.29, 1.82) is 0 Å². The van der Waals surface area contributed by atoms with E-state index in [1.807, 2.05) is 18.2 Å². The Morgan fingerprint density at radius 2 is 1.83 bits per heavy atom. The summed E-state index contributed by atoms with van der Waals surface area (Å²) in [5.74, 6) is -0.478. The number of fused-ring (bicyclic) bond motifs is 1. The highest BCUT2D eigenvalue weighted by atomic mass is 19.4. The van der Waals surface area contributed by atoms with Crippen LogP contribution in [0.4, 0.5) is 13.2 Å². The number of aryl methyl sites for hydroxylation is 1. The Balaban J connectivity index is 1.73. The van der Waals surface area contributed by atoms with E-state index in [1.54, 1.807) is 43.6 Å². The van der Waals surface area contributed by atoms with E-state index in [0.29, 0.717) is 16.7 Å². The van der Waals surface area contributed by atoms with E-state index in [2.05, 4.69) is 9.72 Å². The van der Waals surface area contributed by atoms with E-state index >= 15 is 0 Å². The summed E-state index contributed by atoms with van der Waals surface area (Å²) in [6, 6.07) is 15.3. The van der Waals surface area contributed by atoms with Crippen LogP contribution in [0, 0.1) is 6.92 Å². The van der Waals surface area contributed by atoms with E-state index < -0.39 is 18.5 Å². The topological polar surface area (TPSA) is 42.4 Å². The smallest absolute Gasteiger partial charge is 0.304 e. The van der Waals surface area contributed by atoms with Crippen LogP contribution in [0.25, 0.3) is 11.1 Å². The summed E-state index contributed by atoms with van der Waals surface area (Å²) in [4.78, 5) is 18.3. The lowest BCUT2D eigenvalue weighted by Crippen LogP contribution is -2.34. The van der Waals surface area contributed by atoms with Crippen LogP contribution in [0.3, 0.4) is 0 Å². The number of benzene rings is 2. The van der Waals surface area contributed by atoms with Crippen LogP contribution in [-0.4, -0.2) is 22.2 Å². The Morgan fingerprint density at radius 1 is 1.07 bits per heavy atom. The number of carbonyl (C=O) groups is 1. The monoisotopic (exact) mass is 398 g/mol. The molecule has 7 heteroatoms. The molecule has 1 unspecified atom stereocenters. The van der Waals surface area contributed by atoms with Gasteiger partial charge >= 0.3 is 6.36 Å². The molecule has 2 heterocycles. The van der Waals surface area contributed by atoms with Crippen molar-refractivity contribution in [1.82, 2.24) is 9.88 Å². The largest absolute Gasteiger partial charge is 0.524 e. The lowest BCUT2D eigenvalue weighted by atomic mass is 9.97. The van der Waals surface area contributed by atoms with Gasteiger partial charge in [0.25, 0.3) is 5.91 Å². The maximum absolute atomic E-state index is 13.1. The standard InChI is InChI=1S/C22H17F3N2O2/c1-14-10-17(16-8-5-9-26-12-16)11-18-13-27(20(28)19(14)18)21(29-22(23,24)25)15-6-3-2-4-7-15/h2-12,21H,13H2,1H3. The van der Waals surface area contributed by atoms with E-state index in [1.165, 1.54) is 12.1 Å². The van der Waals surface area contributed by atoms with Crippen LogP contribution < -0.4 is 0 Å². The van der Waals surface area contributed by atoms with Crippen molar-refractivity contribution in [2.24, 2.45) is 0 Å². The van der Waals surface area contributed by atoms with Crippen LogP contribution >= 0.6 is 0 Å². The zero-order chi connectivity index (χ0) is 20.6. The fourth-order valence-corrected chi connectivity index (χ4v) is 3.64. The Kier molecular flexibility index (Phi) is 4.84. The Hall–Kier alpha value is -3.19. The minimum absolute atomic E-state index is 0.0265. The number of hydrogen-bond donors (Lipinski definition) is 0. The van der Waals surface area contributed by atoms with Crippen molar-refractivity contribution in [2.45, 2.75) is 26.1 Å².